The number of aliphatic hydroxyl groups is 1. The molecule has 0 aromatic heterocycles. The second-order valence-electron chi connectivity index (χ2n) is 3.85. The summed E-state index contributed by atoms with van der Waals surface area (Å²) in [4.78, 5) is 11.3. The van der Waals surface area contributed by atoms with Crippen molar-refractivity contribution in [1.29, 1.82) is 0 Å². The molecule has 0 radical (unpaired) electrons. The van der Waals surface area contributed by atoms with Crippen LogP contribution in [0.5, 0.6) is 0 Å². The van der Waals surface area contributed by atoms with Gasteiger partial charge in [-0.1, -0.05) is 0 Å². The van der Waals surface area contributed by atoms with E-state index in [4.69, 9.17) is 4.74 Å². The van der Waals surface area contributed by atoms with Crippen molar-refractivity contribution in [1.82, 2.24) is 0 Å². The van der Waals surface area contributed by atoms with Gasteiger partial charge in [-0.3, -0.25) is 4.79 Å². The van der Waals surface area contributed by atoms with Crippen LogP contribution in [-0.4, -0.2) is 24.3 Å². The van der Waals surface area contributed by atoms with E-state index in [0.717, 1.165) is 19.3 Å². The summed E-state index contributed by atoms with van der Waals surface area (Å²) in [7, 11) is 1.42. The molecule has 4 atom stereocenters. The van der Waals surface area contributed by atoms with Gasteiger partial charge in [0.1, 0.15) is 0 Å². The summed E-state index contributed by atoms with van der Waals surface area (Å²) in [5, 5.41) is 9.53. The molecule has 2 bridgehead atoms. The minimum Gasteiger partial charge on any atom is -0.469 e. The van der Waals surface area contributed by atoms with Crippen molar-refractivity contribution in [2.45, 2.75) is 25.4 Å². The zero-order chi connectivity index (χ0) is 8.72. The van der Waals surface area contributed by atoms with Crippen LogP contribution in [0.2, 0.25) is 0 Å². The van der Waals surface area contributed by atoms with Gasteiger partial charge in [0.2, 0.25) is 0 Å². The molecule has 2 fully saturated rings. The molecule has 0 spiro atoms. The highest BCUT2D eigenvalue weighted by Crippen LogP contribution is 2.49. The van der Waals surface area contributed by atoms with Gasteiger partial charge in [0.25, 0.3) is 0 Å². The monoisotopic (exact) mass is 170 g/mol. The van der Waals surface area contributed by atoms with E-state index >= 15 is 0 Å². The Morgan fingerprint density at radius 3 is 2.67 bits per heavy atom. The molecule has 0 aromatic rings. The number of aliphatic hydroxyl groups excluding tert-OH is 1. The van der Waals surface area contributed by atoms with Crippen molar-refractivity contribution in [3.8, 4) is 0 Å². The highest BCUT2D eigenvalue weighted by molar-refractivity contribution is 5.74. The standard InChI is InChI=1S/C9H14O3/c1-12-9(11)8-5-2-3-6(8)7(10)4-5/h5-8,10H,2-4H2,1H3/t5-,6+,7-,8?/m0/s1. The number of rotatable bonds is 1. The molecule has 2 aliphatic carbocycles. The number of esters is 1. The minimum atomic E-state index is -0.257. The second kappa shape index (κ2) is 2.73. The number of methoxy groups -OCH3 is 1. The lowest BCUT2D eigenvalue weighted by Gasteiger charge is -2.15. The van der Waals surface area contributed by atoms with Crippen molar-refractivity contribution < 1.29 is 14.6 Å². The predicted octanol–water partition coefficient (Wildman–Crippen LogP) is 0.566. The lowest BCUT2D eigenvalue weighted by molar-refractivity contribution is -0.147. The van der Waals surface area contributed by atoms with Crippen LogP contribution in [0.1, 0.15) is 19.3 Å². The summed E-state index contributed by atoms with van der Waals surface area (Å²) in [6.45, 7) is 0. The quantitative estimate of drug-likeness (QED) is 0.585. The number of carbonyl (C=O) groups excluding carboxylic acids is 1. The maximum absolute atomic E-state index is 11.3. The Hall–Kier alpha value is -0.570. The molecule has 0 aliphatic heterocycles. The molecule has 0 amide bonds. The summed E-state index contributed by atoms with van der Waals surface area (Å²) >= 11 is 0. The Kier molecular flexibility index (Phi) is 1.83. The van der Waals surface area contributed by atoms with Gasteiger partial charge in [0.05, 0.1) is 19.1 Å². The number of carbonyl (C=O) groups is 1. The number of hydrogen-bond acceptors (Lipinski definition) is 3. The van der Waals surface area contributed by atoms with Crippen LogP contribution in [0, 0.1) is 17.8 Å². The second-order valence-corrected chi connectivity index (χ2v) is 3.85. The van der Waals surface area contributed by atoms with E-state index in [0.29, 0.717) is 5.92 Å². The summed E-state index contributed by atoms with van der Waals surface area (Å²) in [6.07, 6.45) is 2.62. The smallest absolute Gasteiger partial charge is 0.309 e. The van der Waals surface area contributed by atoms with E-state index in [1.54, 1.807) is 0 Å². The topological polar surface area (TPSA) is 46.5 Å². The van der Waals surface area contributed by atoms with Gasteiger partial charge in [-0.25, -0.2) is 0 Å². The zero-order valence-electron chi connectivity index (χ0n) is 7.19. The first kappa shape index (κ1) is 8.05. The van der Waals surface area contributed by atoms with E-state index in [2.05, 4.69) is 0 Å². The van der Waals surface area contributed by atoms with Crippen molar-refractivity contribution in [2.75, 3.05) is 7.11 Å². The summed E-state index contributed by atoms with van der Waals surface area (Å²) in [6, 6.07) is 0. The molecule has 1 unspecified atom stereocenters. The molecule has 68 valence electrons. The molecule has 3 nitrogen and oxygen atoms in total. The Bertz CT molecular complexity index is 202. The third-order valence-corrected chi connectivity index (χ3v) is 3.35. The molecule has 2 aliphatic rings. The molecule has 0 heterocycles. The third kappa shape index (κ3) is 0.959. The average molecular weight is 170 g/mol. The first-order chi connectivity index (χ1) is 5.74. The first-order valence-electron chi connectivity index (χ1n) is 4.50. The fourth-order valence-electron chi connectivity index (χ4n) is 2.80. The van der Waals surface area contributed by atoms with Crippen LogP contribution in [0.4, 0.5) is 0 Å². The molecule has 2 saturated carbocycles. The van der Waals surface area contributed by atoms with Crippen LogP contribution in [-0.2, 0) is 9.53 Å². The summed E-state index contributed by atoms with van der Waals surface area (Å²) in [5.74, 6) is 0.434. The maximum atomic E-state index is 11.3. The fraction of sp³-hybridized carbons (Fsp3) is 0.889. The van der Waals surface area contributed by atoms with Crippen LogP contribution in [0.25, 0.3) is 0 Å². The van der Waals surface area contributed by atoms with Gasteiger partial charge >= 0.3 is 5.97 Å². The van der Waals surface area contributed by atoms with Crippen molar-refractivity contribution >= 4 is 5.97 Å². The molecular formula is C9H14O3. The van der Waals surface area contributed by atoms with Crippen LogP contribution in [0.15, 0.2) is 0 Å². The lowest BCUT2D eigenvalue weighted by atomic mass is 9.97. The molecule has 0 aromatic carbocycles. The first-order valence-corrected chi connectivity index (χ1v) is 4.50. The summed E-state index contributed by atoms with van der Waals surface area (Å²) < 4.78 is 4.71. The van der Waals surface area contributed by atoms with Crippen LogP contribution in [0.3, 0.4) is 0 Å². The van der Waals surface area contributed by atoms with Crippen LogP contribution >= 0.6 is 0 Å². The number of fused-ring (bicyclic) bond motifs is 2. The molecule has 12 heavy (non-hydrogen) atoms. The van der Waals surface area contributed by atoms with Crippen molar-refractivity contribution in [3.05, 3.63) is 0 Å². The largest absolute Gasteiger partial charge is 0.469 e. The molecule has 1 N–H and O–H groups in total. The van der Waals surface area contributed by atoms with Gasteiger partial charge < -0.3 is 9.84 Å². The summed E-state index contributed by atoms with van der Waals surface area (Å²) in [5.41, 5.74) is 0. The van der Waals surface area contributed by atoms with Gasteiger partial charge in [-0.05, 0) is 31.1 Å². The Balaban J connectivity index is 2.13. The molecule has 3 heteroatoms. The highest BCUT2D eigenvalue weighted by atomic mass is 16.5. The normalized spacial score (nSPS) is 44.8. The zero-order valence-corrected chi connectivity index (χ0v) is 7.19. The Morgan fingerprint density at radius 1 is 1.50 bits per heavy atom. The van der Waals surface area contributed by atoms with E-state index in [-0.39, 0.29) is 23.9 Å². The van der Waals surface area contributed by atoms with Crippen molar-refractivity contribution in [3.63, 3.8) is 0 Å². The van der Waals surface area contributed by atoms with E-state index in [9.17, 15) is 9.90 Å². The fourth-order valence-corrected chi connectivity index (χ4v) is 2.80. The number of hydrogen-bond donors (Lipinski definition) is 1. The SMILES string of the molecule is COC(=O)C1[C@H]2CC[C@@H]1[C@@H](O)C2. The Labute approximate surface area is 71.7 Å². The highest BCUT2D eigenvalue weighted by Gasteiger charge is 2.51. The van der Waals surface area contributed by atoms with Gasteiger partial charge in [-0.15, -0.1) is 0 Å². The van der Waals surface area contributed by atoms with Crippen molar-refractivity contribution in [2.24, 2.45) is 17.8 Å². The van der Waals surface area contributed by atoms with E-state index in [1.807, 2.05) is 0 Å². The average Bonchev–Trinajstić information content (AvgIpc) is 2.59. The number of ether oxygens (including phenoxy) is 1. The third-order valence-electron chi connectivity index (χ3n) is 3.35. The van der Waals surface area contributed by atoms with Gasteiger partial charge in [0.15, 0.2) is 0 Å². The Morgan fingerprint density at radius 2 is 2.25 bits per heavy atom. The molecular weight excluding hydrogens is 156 g/mol. The van der Waals surface area contributed by atoms with E-state index in [1.165, 1.54) is 7.11 Å². The lowest BCUT2D eigenvalue weighted by Crippen LogP contribution is -2.23. The maximum Gasteiger partial charge on any atom is 0.309 e. The minimum absolute atomic E-state index is 0.00926. The van der Waals surface area contributed by atoms with Gasteiger partial charge in [0, 0.05) is 0 Å². The molecule has 0 saturated heterocycles. The van der Waals surface area contributed by atoms with Crippen LogP contribution < -0.4 is 0 Å². The molecule has 2 rings (SSSR count). The van der Waals surface area contributed by atoms with Gasteiger partial charge in [-0.2, -0.15) is 0 Å². The predicted molar refractivity (Wildman–Crippen MR) is 42.3 cm³/mol. The van der Waals surface area contributed by atoms with E-state index < -0.39 is 0 Å².